The zero-order valence-electron chi connectivity index (χ0n) is 9.54. The molecule has 2 nitrogen and oxygen atoms in total. The topological polar surface area (TPSA) is 29.5 Å². The summed E-state index contributed by atoms with van der Waals surface area (Å²) < 4.78 is 4.99. The monoisotopic (exact) mass is 200 g/mol. The van der Waals surface area contributed by atoms with Crippen molar-refractivity contribution in [2.75, 3.05) is 13.7 Å². The van der Waals surface area contributed by atoms with Crippen LogP contribution < -0.4 is 0 Å². The largest absolute Gasteiger partial charge is 0.393 e. The molecule has 1 rings (SSSR count). The average Bonchev–Trinajstić information content (AvgIpc) is 2.26. The summed E-state index contributed by atoms with van der Waals surface area (Å²) in [6.07, 6.45) is 7.02. The standard InChI is InChI=1S/C12H24O2/c1-3-10-4-6-11(7-5-10)12(13)8-9-14-2/h10-13H,3-9H2,1-2H3. The number of methoxy groups -OCH3 is 1. The van der Waals surface area contributed by atoms with Crippen LogP contribution in [0.1, 0.15) is 45.4 Å². The third-order valence-electron chi connectivity index (χ3n) is 3.63. The van der Waals surface area contributed by atoms with E-state index in [4.69, 9.17) is 4.74 Å². The Morgan fingerprint density at radius 3 is 2.43 bits per heavy atom. The van der Waals surface area contributed by atoms with Crippen molar-refractivity contribution in [2.24, 2.45) is 11.8 Å². The molecular weight excluding hydrogens is 176 g/mol. The van der Waals surface area contributed by atoms with E-state index in [1.54, 1.807) is 7.11 Å². The Labute approximate surface area is 87.7 Å². The highest BCUT2D eigenvalue weighted by Crippen LogP contribution is 2.33. The molecule has 0 aromatic rings. The van der Waals surface area contributed by atoms with Gasteiger partial charge in [-0.1, -0.05) is 26.2 Å². The van der Waals surface area contributed by atoms with E-state index >= 15 is 0 Å². The van der Waals surface area contributed by atoms with Crippen molar-refractivity contribution in [3.8, 4) is 0 Å². The predicted octanol–water partition coefficient (Wildman–Crippen LogP) is 2.60. The number of ether oxygens (including phenoxy) is 1. The minimum atomic E-state index is -0.132. The van der Waals surface area contributed by atoms with Crippen molar-refractivity contribution in [3.63, 3.8) is 0 Å². The molecule has 0 bridgehead atoms. The van der Waals surface area contributed by atoms with Crippen LogP contribution in [-0.4, -0.2) is 24.9 Å². The average molecular weight is 200 g/mol. The van der Waals surface area contributed by atoms with Crippen molar-refractivity contribution in [3.05, 3.63) is 0 Å². The lowest BCUT2D eigenvalue weighted by Crippen LogP contribution is -2.26. The fourth-order valence-electron chi connectivity index (χ4n) is 2.46. The van der Waals surface area contributed by atoms with Gasteiger partial charge in [0.1, 0.15) is 0 Å². The molecule has 0 heterocycles. The van der Waals surface area contributed by atoms with E-state index in [2.05, 4.69) is 6.92 Å². The minimum Gasteiger partial charge on any atom is -0.393 e. The summed E-state index contributed by atoms with van der Waals surface area (Å²) in [7, 11) is 1.70. The molecule has 2 heteroatoms. The Bertz CT molecular complexity index is 139. The summed E-state index contributed by atoms with van der Waals surface area (Å²) in [4.78, 5) is 0. The van der Waals surface area contributed by atoms with Crippen LogP contribution in [0.25, 0.3) is 0 Å². The smallest absolute Gasteiger partial charge is 0.0590 e. The van der Waals surface area contributed by atoms with Gasteiger partial charge in [-0.2, -0.15) is 0 Å². The Hall–Kier alpha value is -0.0800. The van der Waals surface area contributed by atoms with Crippen molar-refractivity contribution in [1.29, 1.82) is 0 Å². The molecule has 0 amide bonds. The summed E-state index contributed by atoms with van der Waals surface area (Å²) in [5, 5.41) is 9.88. The predicted molar refractivity (Wildman–Crippen MR) is 58.2 cm³/mol. The fraction of sp³-hybridized carbons (Fsp3) is 1.00. The summed E-state index contributed by atoms with van der Waals surface area (Å²) in [6, 6.07) is 0. The first-order valence-corrected chi connectivity index (χ1v) is 5.95. The molecule has 1 fully saturated rings. The van der Waals surface area contributed by atoms with Crippen molar-refractivity contribution in [2.45, 2.75) is 51.6 Å². The molecule has 14 heavy (non-hydrogen) atoms. The summed E-state index contributed by atoms with van der Waals surface area (Å²) in [5.41, 5.74) is 0. The Balaban J connectivity index is 2.19. The molecule has 84 valence electrons. The molecule has 0 aliphatic heterocycles. The number of hydrogen-bond acceptors (Lipinski definition) is 2. The maximum atomic E-state index is 9.88. The summed E-state index contributed by atoms with van der Waals surface area (Å²) in [5.74, 6) is 1.45. The Morgan fingerprint density at radius 1 is 1.29 bits per heavy atom. The van der Waals surface area contributed by atoms with Gasteiger partial charge in [0.05, 0.1) is 6.10 Å². The second kappa shape index (κ2) is 6.41. The molecule has 1 atom stereocenters. The molecule has 0 aromatic heterocycles. The molecule has 1 aliphatic rings. The third kappa shape index (κ3) is 3.58. The van der Waals surface area contributed by atoms with Crippen LogP contribution in [0.5, 0.6) is 0 Å². The van der Waals surface area contributed by atoms with Gasteiger partial charge >= 0.3 is 0 Å². The molecule has 1 saturated carbocycles. The van der Waals surface area contributed by atoms with E-state index in [1.807, 2.05) is 0 Å². The normalized spacial score (nSPS) is 30.2. The first kappa shape index (κ1) is 12.0. The molecule has 0 saturated heterocycles. The van der Waals surface area contributed by atoms with E-state index in [0.29, 0.717) is 12.5 Å². The van der Waals surface area contributed by atoms with Gasteiger partial charge in [-0.05, 0) is 31.1 Å². The van der Waals surface area contributed by atoms with Gasteiger partial charge in [0, 0.05) is 13.7 Å². The van der Waals surface area contributed by atoms with Gasteiger partial charge in [-0.15, -0.1) is 0 Å². The van der Waals surface area contributed by atoms with Gasteiger partial charge in [-0.25, -0.2) is 0 Å². The van der Waals surface area contributed by atoms with Gasteiger partial charge in [0.2, 0.25) is 0 Å². The van der Waals surface area contributed by atoms with E-state index in [-0.39, 0.29) is 6.10 Å². The van der Waals surface area contributed by atoms with Crippen LogP contribution in [0.3, 0.4) is 0 Å². The van der Waals surface area contributed by atoms with Crippen LogP contribution >= 0.6 is 0 Å². The second-order valence-electron chi connectivity index (χ2n) is 4.54. The second-order valence-corrected chi connectivity index (χ2v) is 4.54. The Morgan fingerprint density at radius 2 is 1.93 bits per heavy atom. The quantitative estimate of drug-likeness (QED) is 0.739. The van der Waals surface area contributed by atoms with Crippen LogP contribution in [0.2, 0.25) is 0 Å². The van der Waals surface area contributed by atoms with Gasteiger partial charge in [0.25, 0.3) is 0 Å². The zero-order chi connectivity index (χ0) is 10.4. The fourth-order valence-corrected chi connectivity index (χ4v) is 2.46. The highest BCUT2D eigenvalue weighted by atomic mass is 16.5. The molecule has 1 aliphatic carbocycles. The number of rotatable bonds is 5. The number of hydrogen-bond donors (Lipinski definition) is 1. The van der Waals surface area contributed by atoms with Crippen molar-refractivity contribution in [1.82, 2.24) is 0 Å². The van der Waals surface area contributed by atoms with Crippen molar-refractivity contribution < 1.29 is 9.84 Å². The molecule has 0 spiro atoms. The SMILES string of the molecule is CCC1CCC(C(O)CCOC)CC1. The maximum absolute atomic E-state index is 9.88. The molecule has 0 radical (unpaired) electrons. The molecular formula is C12H24O2. The lowest BCUT2D eigenvalue weighted by Gasteiger charge is -2.30. The van der Waals surface area contributed by atoms with Gasteiger partial charge in [0.15, 0.2) is 0 Å². The lowest BCUT2D eigenvalue weighted by atomic mass is 9.78. The van der Waals surface area contributed by atoms with Crippen LogP contribution in [0.4, 0.5) is 0 Å². The van der Waals surface area contributed by atoms with E-state index in [0.717, 1.165) is 12.3 Å². The zero-order valence-corrected chi connectivity index (χ0v) is 9.54. The van der Waals surface area contributed by atoms with E-state index in [9.17, 15) is 5.11 Å². The van der Waals surface area contributed by atoms with Crippen LogP contribution in [-0.2, 0) is 4.74 Å². The first-order chi connectivity index (χ1) is 6.77. The van der Waals surface area contributed by atoms with Gasteiger partial charge in [-0.3, -0.25) is 0 Å². The minimum absolute atomic E-state index is 0.132. The molecule has 1 unspecified atom stereocenters. The van der Waals surface area contributed by atoms with Crippen LogP contribution in [0, 0.1) is 11.8 Å². The van der Waals surface area contributed by atoms with Crippen molar-refractivity contribution >= 4 is 0 Å². The molecule has 1 N–H and O–H groups in total. The Kier molecular flexibility index (Phi) is 5.49. The third-order valence-corrected chi connectivity index (χ3v) is 3.63. The first-order valence-electron chi connectivity index (χ1n) is 5.95. The summed E-state index contributed by atoms with van der Waals surface area (Å²) in [6.45, 7) is 2.96. The number of aliphatic hydroxyl groups excluding tert-OH is 1. The summed E-state index contributed by atoms with van der Waals surface area (Å²) >= 11 is 0. The molecule has 0 aromatic carbocycles. The highest BCUT2D eigenvalue weighted by molar-refractivity contribution is 4.76. The van der Waals surface area contributed by atoms with Crippen LogP contribution in [0.15, 0.2) is 0 Å². The number of aliphatic hydroxyl groups is 1. The van der Waals surface area contributed by atoms with E-state index in [1.165, 1.54) is 32.1 Å². The van der Waals surface area contributed by atoms with Gasteiger partial charge < -0.3 is 9.84 Å². The highest BCUT2D eigenvalue weighted by Gasteiger charge is 2.25. The van der Waals surface area contributed by atoms with E-state index < -0.39 is 0 Å². The lowest BCUT2D eigenvalue weighted by molar-refractivity contribution is 0.0435. The maximum Gasteiger partial charge on any atom is 0.0590 e.